The zero-order chi connectivity index (χ0) is 17.8. The summed E-state index contributed by atoms with van der Waals surface area (Å²) < 4.78 is 15.9. The highest BCUT2D eigenvalue weighted by Crippen LogP contribution is 2.38. The molecule has 1 aliphatic heterocycles. The van der Waals surface area contributed by atoms with E-state index >= 15 is 0 Å². The van der Waals surface area contributed by atoms with Gasteiger partial charge in [0.25, 0.3) is 0 Å². The molecule has 2 aromatic carbocycles. The van der Waals surface area contributed by atoms with Crippen LogP contribution in [0.1, 0.15) is 18.9 Å². The molecule has 0 saturated carbocycles. The van der Waals surface area contributed by atoms with E-state index in [1.54, 1.807) is 19.2 Å². The molecule has 0 fully saturated rings. The Balaban J connectivity index is 0.00000243. The van der Waals surface area contributed by atoms with E-state index in [0.29, 0.717) is 29.3 Å². The summed E-state index contributed by atoms with van der Waals surface area (Å²) in [4.78, 5) is 12.3. The van der Waals surface area contributed by atoms with Crippen molar-refractivity contribution < 1.29 is 19.0 Å². The monoisotopic (exact) mass is 378 g/mol. The van der Waals surface area contributed by atoms with Gasteiger partial charge in [0.2, 0.25) is 12.7 Å². The number of methoxy groups -OCH3 is 1. The lowest BCUT2D eigenvalue weighted by atomic mass is 9.97. The molecule has 3 N–H and O–H groups in total. The van der Waals surface area contributed by atoms with E-state index < -0.39 is 0 Å². The van der Waals surface area contributed by atoms with Gasteiger partial charge in [-0.25, -0.2) is 0 Å². The molecule has 26 heavy (non-hydrogen) atoms. The van der Waals surface area contributed by atoms with E-state index in [-0.39, 0.29) is 31.0 Å². The molecular formula is C19H23ClN2O4. The molecule has 1 atom stereocenters. The Morgan fingerprint density at radius 3 is 2.69 bits per heavy atom. The van der Waals surface area contributed by atoms with Crippen molar-refractivity contribution in [2.24, 2.45) is 5.92 Å². The molecule has 0 radical (unpaired) electrons. The first kappa shape index (κ1) is 19.7. The van der Waals surface area contributed by atoms with Gasteiger partial charge in [-0.05, 0) is 24.0 Å². The standard InChI is InChI=1S/C19H22N2O4.ClH/c1-12(7-13-5-3-4-6-16(13)23-2)8-19(22)21-15-10-18-17(9-14(15)20)24-11-25-18;/h3-6,9-10,12H,7-8,11,20H2,1-2H3,(H,21,22);1H. The summed E-state index contributed by atoms with van der Waals surface area (Å²) >= 11 is 0. The van der Waals surface area contributed by atoms with Crippen molar-refractivity contribution in [3.63, 3.8) is 0 Å². The number of nitrogen functional groups attached to an aromatic ring is 1. The van der Waals surface area contributed by atoms with Crippen molar-refractivity contribution in [1.82, 2.24) is 0 Å². The predicted octanol–water partition coefficient (Wildman–Crippen LogP) is 3.64. The lowest BCUT2D eigenvalue weighted by Crippen LogP contribution is -2.17. The summed E-state index contributed by atoms with van der Waals surface area (Å²) in [6, 6.07) is 11.2. The zero-order valence-corrected chi connectivity index (χ0v) is 15.6. The predicted molar refractivity (Wildman–Crippen MR) is 103 cm³/mol. The largest absolute Gasteiger partial charge is 0.496 e. The fourth-order valence-electron chi connectivity index (χ4n) is 2.90. The van der Waals surface area contributed by atoms with Crippen LogP contribution in [0.25, 0.3) is 0 Å². The van der Waals surface area contributed by atoms with Crippen LogP contribution in [-0.2, 0) is 11.2 Å². The number of anilines is 2. The highest BCUT2D eigenvalue weighted by Gasteiger charge is 2.18. The highest BCUT2D eigenvalue weighted by molar-refractivity contribution is 5.94. The number of rotatable bonds is 6. The molecule has 140 valence electrons. The Morgan fingerprint density at radius 1 is 1.27 bits per heavy atom. The van der Waals surface area contributed by atoms with Crippen LogP contribution in [0.3, 0.4) is 0 Å². The Kier molecular flexibility index (Phi) is 6.58. The molecule has 3 rings (SSSR count). The number of nitrogens with one attached hydrogen (secondary N) is 1. The first-order valence-electron chi connectivity index (χ1n) is 8.17. The Morgan fingerprint density at radius 2 is 1.96 bits per heavy atom. The van der Waals surface area contributed by atoms with Gasteiger partial charge in [0, 0.05) is 18.6 Å². The topological polar surface area (TPSA) is 82.8 Å². The minimum absolute atomic E-state index is 0. The molecule has 0 aromatic heterocycles. The van der Waals surface area contributed by atoms with Crippen LogP contribution >= 0.6 is 12.4 Å². The normalized spacial score (nSPS) is 12.8. The van der Waals surface area contributed by atoms with Crippen LogP contribution in [0.4, 0.5) is 11.4 Å². The number of amides is 1. The molecule has 1 aliphatic rings. The van der Waals surface area contributed by atoms with Gasteiger partial charge in [-0.3, -0.25) is 4.79 Å². The van der Waals surface area contributed by atoms with E-state index in [0.717, 1.165) is 17.7 Å². The SMILES string of the molecule is COc1ccccc1CC(C)CC(=O)Nc1cc2c(cc1N)OCO2.Cl. The fraction of sp³-hybridized carbons (Fsp3) is 0.316. The lowest BCUT2D eigenvalue weighted by molar-refractivity contribution is -0.116. The zero-order valence-electron chi connectivity index (χ0n) is 14.8. The summed E-state index contributed by atoms with van der Waals surface area (Å²) in [5, 5.41) is 2.85. The molecule has 7 heteroatoms. The van der Waals surface area contributed by atoms with Crippen molar-refractivity contribution >= 4 is 29.7 Å². The van der Waals surface area contributed by atoms with Crippen LogP contribution in [0.5, 0.6) is 17.2 Å². The number of hydrogen-bond acceptors (Lipinski definition) is 5. The fourth-order valence-corrected chi connectivity index (χ4v) is 2.90. The second-order valence-corrected chi connectivity index (χ2v) is 6.17. The minimum Gasteiger partial charge on any atom is -0.496 e. The molecule has 2 aromatic rings. The minimum atomic E-state index is -0.0898. The van der Waals surface area contributed by atoms with Crippen molar-refractivity contribution in [3.05, 3.63) is 42.0 Å². The van der Waals surface area contributed by atoms with Gasteiger partial charge in [-0.1, -0.05) is 25.1 Å². The van der Waals surface area contributed by atoms with E-state index in [1.807, 2.05) is 31.2 Å². The smallest absolute Gasteiger partial charge is 0.231 e. The third kappa shape index (κ3) is 4.52. The van der Waals surface area contributed by atoms with Crippen LogP contribution in [-0.4, -0.2) is 19.8 Å². The summed E-state index contributed by atoms with van der Waals surface area (Å²) in [6.45, 7) is 2.21. The van der Waals surface area contributed by atoms with Crippen LogP contribution in [0.15, 0.2) is 36.4 Å². The van der Waals surface area contributed by atoms with Crippen LogP contribution < -0.4 is 25.3 Å². The van der Waals surface area contributed by atoms with Gasteiger partial charge < -0.3 is 25.3 Å². The third-order valence-electron chi connectivity index (χ3n) is 4.11. The van der Waals surface area contributed by atoms with Crippen molar-refractivity contribution in [2.75, 3.05) is 25.0 Å². The lowest BCUT2D eigenvalue weighted by Gasteiger charge is -2.15. The second kappa shape index (κ2) is 8.67. The van der Waals surface area contributed by atoms with Gasteiger partial charge in [-0.2, -0.15) is 0 Å². The first-order valence-corrected chi connectivity index (χ1v) is 8.17. The Labute approximate surface area is 159 Å². The quantitative estimate of drug-likeness (QED) is 0.750. The average Bonchev–Trinajstić information content (AvgIpc) is 3.02. The molecule has 0 aliphatic carbocycles. The van der Waals surface area contributed by atoms with Gasteiger partial charge >= 0.3 is 0 Å². The van der Waals surface area contributed by atoms with Crippen molar-refractivity contribution in [1.29, 1.82) is 0 Å². The number of carbonyl (C=O) groups excluding carboxylic acids is 1. The maximum atomic E-state index is 12.3. The maximum Gasteiger partial charge on any atom is 0.231 e. The number of para-hydroxylation sites is 1. The first-order chi connectivity index (χ1) is 12.1. The van der Waals surface area contributed by atoms with Gasteiger partial charge in [0.05, 0.1) is 18.5 Å². The van der Waals surface area contributed by atoms with E-state index in [9.17, 15) is 4.79 Å². The molecular weight excluding hydrogens is 356 g/mol. The van der Waals surface area contributed by atoms with Crippen LogP contribution in [0, 0.1) is 5.92 Å². The number of carbonyl (C=O) groups is 1. The summed E-state index contributed by atoms with van der Waals surface area (Å²) in [6.07, 6.45) is 1.14. The van der Waals surface area contributed by atoms with Gasteiger partial charge in [0.1, 0.15) is 5.75 Å². The molecule has 0 spiro atoms. The molecule has 0 saturated heterocycles. The summed E-state index contributed by atoms with van der Waals surface area (Å²) in [5.41, 5.74) is 8.05. The number of hydrogen-bond donors (Lipinski definition) is 2. The Hall–Kier alpha value is -2.60. The highest BCUT2D eigenvalue weighted by atomic mass is 35.5. The molecule has 1 heterocycles. The maximum absolute atomic E-state index is 12.3. The van der Waals surface area contributed by atoms with Gasteiger partial charge in [0.15, 0.2) is 11.5 Å². The number of halogens is 1. The van der Waals surface area contributed by atoms with Gasteiger partial charge in [-0.15, -0.1) is 12.4 Å². The van der Waals surface area contributed by atoms with E-state index in [1.165, 1.54) is 0 Å². The molecule has 0 bridgehead atoms. The molecule has 6 nitrogen and oxygen atoms in total. The van der Waals surface area contributed by atoms with Crippen molar-refractivity contribution in [3.8, 4) is 17.2 Å². The Bertz CT molecular complexity index is 782. The number of fused-ring (bicyclic) bond motifs is 1. The van der Waals surface area contributed by atoms with E-state index in [4.69, 9.17) is 19.9 Å². The molecule has 1 amide bonds. The average molecular weight is 379 g/mol. The van der Waals surface area contributed by atoms with E-state index in [2.05, 4.69) is 5.32 Å². The second-order valence-electron chi connectivity index (χ2n) is 6.17. The summed E-state index contributed by atoms with van der Waals surface area (Å²) in [7, 11) is 1.65. The number of nitrogens with two attached hydrogens (primary N) is 1. The van der Waals surface area contributed by atoms with Crippen molar-refractivity contribution in [2.45, 2.75) is 19.8 Å². The van der Waals surface area contributed by atoms with Crippen LogP contribution in [0.2, 0.25) is 0 Å². The third-order valence-corrected chi connectivity index (χ3v) is 4.11. The molecule has 1 unspecified atom stereocenters. The number of benzene rings is 2. The summed E-state index contributed by atoms with van der Waals surface area (Å²) in [5.74, 6) is 2.10. The number of ether oxygens (including phenoxy) is 3.